The molecule has 10 unspecified atom stereocenters. The summed E-state index contributed by atoms with van der Waals surface area (Å²) in [5, 5.41) is 115. The molecule has 3 heterocycles. The first-order chi connectivity index (χ1) is 20.9. The summed E-state index contributed by atoms with van der Waals surface area (Å²) in [6, 6.07) is 4.86. The topological polar surface area (TPSA) is 280 Å². The lowest BCUT2D eigenvalue weighted by molar-refractivity contribution is -0.234. The zero-order valence-corrected chi connectivity index (χ0v) is 23.0. The fourth-order valence-electron chi connectivity index (χ4n) is 5.59. The van der Waals surface area contributed by atoms with Crippen LogP contribution in [0.4, 0.5) is 0 Å². The van der Waals surface area contributed by atoms with Gasteiger partial charge >= 0.3 is 0 Å². The molecule has 16 nitrogen and oxygen atoms in total. The van der Waals surface area contributed by atoms with Gasteiger partial charge in [0.15, 0.2) is 22.5 Å². The van der Waals surface area contributed by atoms with Gasteiger partial charge in [-0.1, -0.05) is 0 Å². The first-order valence-corrected chi connectivity index (χ1v) is 13.4. The Balaban J connectivity index is 1.82. The fourth-order valence-corrected chi connectivity index (χ4v) is 5.59. The van der Waals surface area contributed by atoms with Gasteiger partial charge in [-0.25, -0.2) is 0 Å². The summed E-state index contributed by atoms with van der Waals surface area (Å²) < 4.78 is 22.2. The van der Waals surface area contributed by atoms with Gasteiger partial charge in [0.2, 0.25) is 0 Å². The molecule has 240 valence electrons. The van der Waals surface area contributed by atoms with Crippen LogP contribution in [0.15, 0.2) is 33.5 Å². The Hall–Kier alpha value is -3.55. The number of ether oxygens (including phenoxy) is 3. The van der Waals surface area contributed by atoms with E-state index in [0.717, 1.165) is 6.07 Å². The van der Waals surface area contributed by atoms with Gasteiger partial charge in [-0.3, -0.25) is 4.79 Å². The number of phenols is 3. The number of aliphatic hydroxyl groups excluding tert-OH is 8. The Morgan fingerprint density at radius 3 is 1.80 bits per heavy atom. The lowest BCUT2D eigenvalue weighted by atomic mass is 9.85. The SMILES string of the molecule is COc1cc(-c2cc(=O)c3c(O)c(C4OC(CO)C(O)C(O)C4O)c(O)c(C4OC(CO)C(O)C(O)C4O)c3o2)ccc1O. The van der Waals surface area contributed by atoms with Crippen molar-refractivity contribution in [2.75, 3.05) is 20.3 Å². The number of phenolic OH excluding ortho intramolecular Hbond substituents is 3. The number of hydrogen-bond donors (Lipinski definition) is 11. The Bertz CT molecular complexity index is 1580. The third-order valence-electron chi connectivity index (χ3n) is 8.01. The average Bonchev–Trinajstić information content (AvgIpc) is 3.00. The van der Waals surface area contributed by atoms with Crippen molar-refractivity contribution in [2.45, 2.75) is 61.0 Å². The first-order valence-electron chi connectivity index (χ1n) is 13.4. The lowest BCUT2D eigenvalue weighted by Crippen LogP contribution is -2.55. The monoisotopic (exact) mass is 624 g/mol. The molecule has 5 rings (SSSR count). The number of fused-ring (bicyclic) bond motifs is 1. The third kappa shape index (κ3) is 5.04. The van der Waals surface area contributed by atoms with Gasteiger partial charge in [0.25, 0.3) is 0 Å². The molecule has 3 aromatic rings. The van der Waals surface area contributed by atoms with Crippen molar-refractivity contribution in [2.24, 2.45) is 0 Å². The standard InChI is InChI=1S/C28H32O16/c1-41-12-4-8(2-3-9(12)31)11-5-10(32)15-20(35)16(27-24(39)22(37)18(33)13(6-29)43-27)21(36)17(26(15)42-11)28-25(40)23(38)19(34)14(7-30)44-28/h2-5,13-14,18-19,22-25,27-31,33-40H,6-7H2,1H3. The van der Waals surface area contributed by atoms with Crippen molar-refractivity contribution < 1.29 is 74.8 Å². The number of hydrogen-bond acceptors (Lipinski definition) is 16. The molecule has 44 heavy (non-hydrogen) atoms. The molecule has 2 aliphatic heterocycles. The molecule has 10 atom stereocenters. The van der Waals surface area contributed by atoms with Crippen LogP contribution in [0, 0.1) is 0 Å². The van der Waals surface area contributed by atoms with E-state index in [0.29, 0.717) is 0 Å². The van der Waals surface area contributed by atoms with E-state index in [1.165, 1.54) is 25.3 Å². The minimum atomic E-state index is -2.04. The average molecular weight is 625 g/mol. The predicted octanol–water partition coefficient (Wildman–Crippen LogP) is -2.38. The van der Waals surface area contributed by atoms with Gasteiger partial charge in [0, 0.05) is 11.6 Å². The maximum Gasteiger partial charge on any atom is 0.197 e. The van der Waals surface area contributed by atoms with E-state index in [-0.39, 0.29) is 22.8 Å². The zero-order chi connectivity index (χ0) is 32.2. The van der Waals surface area contributed by atoms with Gasteiger partial charge in [-0.15, -0.1) is 0 Å². The van der Waals surface area contributed by atoms with Gasteiger partial charge < -0.3 is 74.8 Å². The molecular weight excluding hydrogens is 592 g/mol. The molecule has 2 aromatic carbocycles. The summed E-state index contributed by atoms with van der Waals surface area (Å²) >= 11 is 0. The molecular formula is C28H32O16. The van der Waals surface area contributed by atoms with Crippen molar-refractivity contribution in [3.05, 3.63) is 45.6 Å². The highest BCUT2D eigenvalue weighted by atomic mass is 16.6. The predicted molar refractivity (Wildman–Crippen MR) is 145 cm³/mol. The van der Waals surface area contributed by atoms with Crippen LogP contribution >= 0.6 is 0 Å². The van der Waals surface area contributed by atoms with Crippen LogP contribution in [-0.2, 0) is 9.47 Å². The Morgan fingerprint density at radius 2 is 1.27 bits per heavy atom. The fraction of sp³-hybridized carbons (Fsp3) is 0.464. The summed E-state index contributed by atoms with van der Waals surface area (Å²) in [5.74, 6) is -2.44. The molecule has 0 spiro atoms. The van der Waals surface area contributed by atoms with Crippen molar-refractivity contribution in [3.8, 4) is 34.3 Å². The smallest absolute Gasteiger partial charge is 0.197 e. The second kappa shape index (κ2) is 12.1. The maximum atomic E-state index is 13.6. The minimum absolute atomic E-state index is 0.00284. The molecule has 2 aliphatic rings. The molecule has 11 N–H and O–H groups in total. The quantitative estimate of drug-likeness (QED) is 0.136. The lowest BCUT2D eigenvalue weighted by Gasteiger charge is -2.42. The number of aliphatic hydroxyl groups is 8. The second-order valence-electron chi connectivity index (χ2n) is 10.6. The summed E-state index contributed by atoms with van der Waals surface area (Å²) in [4.78, 5) is 13.6. The Morgan fingerprint density at radius 1 is 0.727 bits per heavy atom. The molecule has 0 aliphatic carbocycles. The van der Waals surface area contributed by atoms with E-state index >= 15 is 0 Å². The Kier molecular flexibility index (Phi) is 8.76. The van der Waals surface area contributed by atoms with Crippen molar-refractivity contribution in [1.29, 1.82) is 0 Å². The van der Waals surface area contributed by atoms with E-state index in [1.54, 1.807) is 0 Å². The van der Waals surface area contributed by atoms with Crippen molar-refractivity contribution in [1.82, 2.24) is 0 Å². The van der Waals surface area contributed by atoms with Crippen molar-refractivity contribution in [3.63, 3.8) is 0 Å². The number of rotatable bonds is 6. The number of methoxy groups -OCH3 is 1. The molecule has 1 aromatic heterocycles. The van der Waals surface area contributed by atoms with Crippen LogP contribution in [0.25, 0.3) is 22.3 Å². The highest BCUT2D eigenvalue weighted by molar-refractivity contribution is 5.92. The van der Waals surface area contributed by atoms with Gasteiger partial charge in [-0.2, -0.15) is 0 Å². The van der Waals surface area contributed by atoms with Gasteiger partial charge in [-0.05, 0) is 18.2 Å². The van der Waals surface area contributed by atoms with Crippen LogP contribution < -0.4 is 10.2 Å². The summed E-state index contributed by atoms with van der Waals surface area (Å²) in [5.41, 5.74) is -2.68. The van der Waals surface area contributed by atoms with E-state index in [4.69, 9.17) is 18.6 Å². The van der Waals surface area contributed by atoms with Crippen LogP contribution in [0.2, 0.25) is 0 Å². The minimum Gasteiger partial charge on any atom is -0.507 e. The van der Waals surface area contributed by atoms with Crippen LogP contribution in [0.3, 0.4) is 0 Å². The first kappa shape index (κ1) is 31.9. The molecule has 0 bridgehead atoms. The van der Waals surface area contributed by atoms with E-state index in [9.17, 15) is 61.0 Å². The van der Waals surface area contributed by atoms with E-state index in [1.807, 2.05) is 0 Å². The molecule has 16 heteroatoms. The van der Waals surface area contributed by atoms with Crippen LogP contribution in [-0.4, -0.2) is 125 Å². The summed E-state index contributed by atoms with van der Waals surface area (Å²) in [6.45, 7) is -1.72. The maximum absolute atomic E-state index is 13.6. The van der Waals surface area contributed by atoms with Gasteiger partial charge in [0.05, 0.1) is 31.5 Å². The molecule has 2 fully saturated rings. The summed E-state index contributed by atoms with van der Waals surface area (Å²) in [6.07, 6.45) is -18.3. The third-order valence-corrected chi connectivity index (χ3v) is 8.01. The molecule has 0 amide bonds. The van der Waals surface area contributed by atoms with E-state index in [2.05, 4.69) is 0 Å². The molecule has 2 saturated heterocycles. The largest absolute Gasteiger partial charge is 0.507 e. The highest BCUT2D eigenvalue weighted by Gasteiger charge is 2.50. The normalized spacial score (nSPS) is 32.6. The number of aromatic hydroxyl groups is 3. The van der Waals surface area contributed by atoms with Gasteiger partial charge in [0.1, 0.15) is 83.7 Å². The molecule has 0 saturated carbocycles. The highest BCUT2D eigenvalue weighted by Crippen LogP contribution is 2.51. The van der Waals surface area contributed by atoms with Crippen molar-refractivity contribution >= 4 is 11.0 Å². The van der Waals surface area contributed by atoms with E-state index < -0.39 is 113 Å². The Labute approximate surface area is 247 Å². The van der Waals surface area contributed by atoms with Crippen LogP contribution in [0.1, 0.15) is 23.3 Å². The number of benzene rings is 2. The second-order valence-corrected chi connectivity index (χ2v) is 10.6. The molecule has 0 radical (unpaired) electrons. The zero-order valence-electron chi connectivity index (χ0n) is 23.0. The summed E-state index contributed by atoms with van der Waals surface area (Å²) in [7, 11) is 1.28. The van der Waals surface area contributed by atoms with Crippen LogP contribution in [0.5, 0.6) is 23.0 Å².